The molecule has 0 atom stereocenters. The summed E-state index contributed by atoms with van der Waals surface area (Å²) < 4.78 is 58.6. The summed E-state index contributed by atoms with van der Waals surface area (Å²) in [6.07, 6.45) is 1.44. The van der Waals surface area contributed by atoms with Crippen LogP contribution in [0.1, 0.15) is 115 Å². The van der Waals surface area contributed by atoms with Crippen molar-refractivity contribution in [3.05, 3.63) is 178 Å². The summed E-state index contributed by atoms with van der Waals surface area (Å²) in [6.45, 7) is 18.0. The number of methoxy groups -OCH3 is 4. The van der Waals surface area contributed by atoms with Crippen molar-refractivity contribution in [2.75, 3.05) is 141 Å². The molecule has 7 heterocycles. The predicted molar refractivity (Wildman–Crippen MR) is 452 cm³/mol. The van der Waals surface area contributed by atoms with Crippen LogP contribution in [0.25, 0.3) is 54.8 Å². The number of rotatable bonds is 28. The van der Waals surface area contributed by atoms with Gasteiger partial charge in [0.2, 0.25) is 29.5 Å². The van der Waals surface area contributed by atoms with Crippen LogP contribution in [0.4, 0.5) is 0 Å². The van der Waals surface area contributed by atoms with Gasteiger partial charge in [-0.15, -0.1) is 0 Å². The second-order valence-corrected chi connectivity index (χ2v) is 28.4. The number of ether oxygens (including phenoxy) is 6. The highest BCUT2D eigenvalue weighted by Crippen LogP contribution is 2.38. The monoisotopic (exact) mass is 1740 g/mol. The van der Waals surface area contributed by atoms with Gasteiger partial charge in [-0.1, -0.05) is 0 Å². The molecular weight excluding hydrogens is 1640 g/mol. The van der Waals surface area contributed by atoms with E-state index in [1.54, 1.807) is 32.6 Å². The number of nitrogens with zero attached hydrogens (tertiary/aromatic N) is 3. The summed E-state index contributed by atoms with van der Waals surface area (Å²) in [4.78, 5) is 186. The topological polar surface area (TPSA) is 536 Å². The minimum Gasteiger partial charge on any atom is -0.507 e. The maximum absolute atomic E-state index is 13.0. The van der Waals surface area contributed by atoms with Crippen molar-refractivity contribution in [3.8, 4) is 46.0 Å². The molecule has 0 radical (unpaired) electrons. The molecule has 5 aromatic heterocycles. The Morgan fingerprint density at radius 3 is 1.06 bits per heavy atom. The predicted octanol–water partition coefficient (Wildman–Crippen LogP) is 4.72. The van der Waals surface area contributed by atoms with E-state index in [4.69, 9.17) is 50.5 Å². The Bertz CT molecular complexity index is 6090. The second kappa shape index (κ2) is 44.7. The first kappa shape index (κ1) is 96.5. The average molecular weight is 1740 g/mol. The molecule has 666 valence electrons. The van der Waals surface area contributed by atoms with Gasteiger partial charge >= 0.3 is 0 Å². The molecule has 2 aliphatic rings. The lowest BCUT2D eigenvalue weighted by molar-refractivity contribution is -0.134. The Balaban J connectivity index is 0.000000194. The Morgan fingerprint density at radius 2 is 0.728 bits per heavy atom. The van der Waals surface area contributed by atoms with Crippen molar-refractivity contribution in [3.63, 3.8) is 0 Å². The fourth-order valence-corrected chi connectivity index (χ4v) is 13.4. The van der Waals surface area contributed by atoms with Gasteiger partial charge < -0.3 is 107 Å². The van der Waals surface area contributed by atoms with E-state index >= 15 is 0 Å². The van der Waals surface area contributed by atoms with Crippen molar-refractivity contribution in [1.82, 2.24) is 36.0 Å². The van der Waals surface area contributed by atoms with E-state index in [2.05, 4.69) is 26.2 Å². The molecule has 2 aliphatic heterocycles. The number of carbonyl (C=O) groups excluding carboxylic acids is 10. The van der Waals surface area contributed by atoms with E-state index in [0.717, 1.165) is 19.6 Å². The van der Waals surface area contributed by atoms with E-state index in [9.17, 15) is 97.5 Å². The van der Waals surface area contributed by atoms with Gasteiger partial charge in [0.05, 0.1) is 125 Å². The lowest BCUT2D eigenvalue weighted by Gasteiger charge is -2.27. The van der Waals surface area contributed by atoms with E-state index in [1.807, 2.05) is 19.0 Å². The summed E-state index contributed by atoms with van der Waals surface area (Å²) in [5.74, 6) is -1.62. The maximum Gasteiger partial charge on any atom is 0.227 e. The molecule has 12 rings (SSSR count). The number of amides is 5. The summed E-state index contributed by atoms with van der Waals surface area (Å²) in [5.41, 5.74) is -1.80. The van der Waals surface area contributed by atoms with Crippen LogP contribution in [0.2, 0.25) is 0 Å². The highest BCUT2D eigenvalue weighted by Gasteiger charge is 2.29. The summed E-state index contributed by atoms with van der Waals surface area (Å²) in [7, 11) is 9.30. The molecule has 10 aromatic rings. The maximum atomic E-state index is 13.0. The minimum absolute atomic E-state index is 0.00712. The van der Waals surface area contributed by atoms with Crippen molar-refractivity contribution in [2.45, 2.75) is 73.6 Å². The molecule has 2 fully saturated rings. The van der Waals surface area contributed by atoms with Crippen LogP contribution >= 0.6 is 0 Å². The smallest absolute Gasteiger partial charge is 0.227 e. The zero-order valence-corrected chi connectivity index (χ0v) is 70.8. The number of aldehydes is 5. The zero-order valence-electron chi connectivity index (χ0n) is 70.8. The number of aryl methyl sites for hydroxylation is 5. The van der Waals surface area contributed by atoms with Gasteiger partial charge in [0.1, 0.15) is 91.0 Å². The van der Waals surface area contributed by atoms with Crippen molar-refractivity contribution < 1.29 is 124 Å². The summed E-state index contributed by atoms with van der Waals surface area (Å²) in [6, 6.07) is 8.84. The largest absolute Gasteiger partial charge is 0.507 e. The Morgan fingerprint density at radius 1 is 0.416 bits per heavy atom. The highest BCUT2D eigenvalue weighted by atomic mass is 16.5. The molecule has 38 nitrogen and oxygen atoms in total. The van der Waals surface area contributed by atoms with Gasteiger partial charge in [-0.3, -0.25) is 76.8 Å². The van der Waals surface area contributed by atoms with Gasteiger partial charge in [0.15, 0.2) is 86.5 Å². The minimum atomic E-state index is -0.486. The molecule has 0 unspecified atom stereocenters. The molecule has 125 heavy (non-hydrogen) atoms. The molecule has 0 spiro atoms. The molecule has 38 heteroatoms. The number of likely N-dealkylation sites (N-methyl/N-ethyl adjacent to an activating group) is 2. The molecule has 0 saturated carbocycles. The molecular formula is C87H97N7O31. The van der Waals surface area contributed by atoms with Crippen LogP contribution < -0.4 is 62.6 Å². The van der Waals surface area contributed by atoms with Crippen LogP contribution in [-0.4, -0.2) is 242 Å². The number of phenols is 5. The highest BCUT2D eigenvalue weighted by molar-refractivity contribution is 6.04. The molecule has 0 aliphatic carbocycles. The number of hydrogen-bond acceptors (Lipinski definition) is 33. The molecule has 0 bridgehead atoms. The quantitative estimate of drug-likeness (QED) is 0.0236. The van der Waals surface area contributed by atoms with Crippen molar-refractivity contribution >= 4 is 116 Å². The third-order valence-electron chi connectivity index (χ3n) is 20.1. The van der Waals surface area contributed by atoms with Gasteiger partial charge in [-0.25, -0.2) is 0 Å². The standard InChI is InChI=1S/C19H22N2O6.C18H19NO7.C17H20N2O5.C17H19NO7.C16H17NO6/c1-12-14(10-17(24)20-4-5-21-6-8-26-9-7-21)18(25)13-2-3-16(23)15(11-22)19(13)27-12;1-10-11(7-15(22)19-3-5-25-6-4-19)17(23)16-14(24-2)8-13(21)12(9-20)18(16)26-10;1-10-12(8-15(22)18-6-7-19(2)3)16(23)11-4-5-14(21)13(9-20)17(11)24-10;1-9-10(6-14(21)18-4-5-23-2)16(22)15-13(24-3)7-12(20)11(8-19)17(15)25-9;1-4-17-13(20)5-9-8(2)23-16-10(7-18)11(19)6-12(22-3)14(16)15(9)21/h2-3,11,23H,4-10H2,1H3,(H,20,24);8-9,21H,3-7H2,1-2H3;4-5,9,21H,6-8H2,1-3H3,(H,18,22);7-8,20H,4-6H2,1-3H3,(H,18,21);6-7,19H,4-5H2,1-3H3,(H,17,20). The van der Waals surface area contributed by atoms with E-state index in [0.29, 0.717) is 110 Å². The molecule has 9 N–H and O–H groups in total. The Hall–Kier alpha value is -14.0. The first-order valence-corrected chi connectivity index (χ1v) is 39.0. The van der Waals surface area contributed by atoms with Gasteiger partial charge in [-0.2, -0.15) is 0 Å². The van der Waals surface area contributed by atoms with E-state index < -0.39 is 16.3 Å². The second-order valence-electron chi connectivity index (χ2n) is 28.4. The van der Waals surface area contributed by atoms with Gasteiger partial charge in [0, 0.05) is 119 Å². The number of carbonyl (C=O) groups is 10. The SMILES string of the molecule is CCNC(=O)Cc1c(C)oc2c(C=O)c(O)cc(OC)c2c1=O.COCCNC(=O)Cc1c(C)oc2c(C=O)c(O)cc(OC)c2c1=O.COc1cc(O)c(C=O)c2oc(C)c(CC(=O)N3CCOCC3)c(=O)c12.Cc1oc2c(C=O)c(O)ccc2c(=O)c1CC(=O)NCCN(C)C.Cc1oc2c(C=O)c(O)ccc2c(=O)c1CC(=O)NCCN1CCOCC1. The zero-order chi connectivity index (χ0) is 91.8. The third-order valence-corrected chi connectivity index (χ3v) is 20.1. The molecule has 5 amide bonds. The summed E-state index contributed by atoms with van der Waals surface area (Å²) in [5, 5.41) is 60.3. The number of aromatic hydroxyl groups is 5. The number of nitrogens with one attached hydrogen (secondary N) is 4. The Labute approximate surface area is 711 Å². The van der Waals surface area contributed by atoms with Gasteiger partial charge in [0.25, 0.3) is 0 Å². The normalized spacial score (nSPS) is 12.4. The number of benzene rings is 5. The lowest BCUT2D eigenvalue weighted by Crippen LogP contribution is -2.42. The van der Waals surface area contributed by atoms with Crippen molar-refractivity contribution in [1.29, 1.82) is 0 Å². The number of phenolic OH excluding ortho intramolecular Hbond substituents is 5. The molecule has 5 aromatic carbocycles. The van der Waals surface area contributed by atoms with Crippen LogP contribution in [0.15, 0.2) is 88.5 Å². The first-order valence-electron chi connectivity index (χ1n) is 39.0. The van der Waals surface area contributed by atoms with Crippen LogP contribution in [-0.2, 0) is 70.3 Å². The molecule has 2 saturated heterocycles. The number of hydrogen-bond donors (Lipinski definition) is 9. The summed E-state index contributed by atoms with van der Waals surface area (Å²) >= 11 is 0. The van der Waals surface area contributed by atoms with Crippen LogP contribution in [0.3, 0.4) is 0 Å². The Kier molecular flexibility index (Phi) is 34.5. The van der Waals surface area contributed by atoms with E-state index in [-0.39, 0.29) is 258 Å². The van der Waals surface area contributed by atoms with Gasteiger partial charge in [-0.05, 0) is 79.9 Å². The number of morpholine rings is 2. The fourth-order valence-electron chi connectivity index (χ4n) is 13.4. The third kappa shape index (κ3) is 23.1. The number of fused-ring (bicyclic) bond motifs is 5. The lowest BCUT2D eigenvalue weighted by atomic mass is 10.0. The van der Waals surface area contributed by atoms with Crippen LogP contribution in [0, 0.1) is 34.6 Å². The fraction of sp³-hybridized carbons (Fsp3) is 0.368. The van der Waals surface area contributed by atoms with E-state index in [1.165, 1.54) is 84.8 Å². The van der Waals surface area contributed by atoms with Crippen molar-refractivity contribution in [2.24, 2.45) is 0 Å². The average Bonchev–Trinajstić information content (AvgIpc) is 0.763. The van der Waals surface area contributed by atoms with Crippen LogP contribution in [0.5, 0.6) is 46.0 Å². The first-order chi connectivity index (χ1) is 59.7.